The van der Waals surface area contributed by atoms with Gasteiger partial charge < -0.3 is 43.0 Å². The van der Waals surface area contributed by atoms with Crippen molar-refractivity contribution in [1.29, 1.82) is 0 Å². The van der Waals surface area contributed by atoms with Crippen LogP contribution in [-0.4, -0.2) is 90.3 Å². The fourth-order valence-corrected chi connectivity index (χ4v) is 5.22. The smallest absolute Gasteiger partial charge is 0.303 e. The molecule has 0 spiro atoms. The standard InChI is InChI=1S/C25H34O14/c1-11(26)33-10-18-20(35-13(3)28)21(36-14(4)29)22(37-15(5)30)24(38-18)39-23-19-16(7-8-32-23)17(34-12(2)27)9-25(19,6)31/h7-8,16-24,31H,9-10H2,1-6H3. The van der Waals surface area contributed by atoms with Crippen LogP contribution in [-0.2, 0) is 61.9 Å². The number of hydrogen-bond acceptors (Lipinski definition) is 14. The Morgan fingerprint density at radius 3 is 1.95 bits per heavy atom. The van der Waals surface area contributed by atoms with Gasteiger partial charge >= 0.3 is 29.8 Å². The monoisotopic (exact) mass is 558 g/mol. The van der Waals surface area contributed by atoms with Crippen molar-refractivity contribution in [1.82, 2.24) is 0 Å². The van der Waals surface area contributed by atoms with Gasteiger partial charge in [0.1, 0.15) is 18.8 Å². The van der Waals surface area contributed by atoms with Crippen LogP contribution in [0.3, 0.4) is 0 Å². The summed E-state index contributed by atoms with van der Waals surface area (Å²) in [4.78, 5) is 59.1. The lowest BCUT2D eigenvalue weighted by Gasteiger charge is -2.46. The largest absolute Gasteiger partial charge is 0.472 e. The maximum atomic E-state index is 12.1. The summed E-state index contributed by atoms with van der Waals surface area (Å²) in [5.74, 6) is -4.79. The van der Waals surface area contributed by atoms with Crippen LogP contribution in [0.1, 0.15) is 48.0 Å². The first kappa shape index (κ1) is 30.3. The Morgan fingerprint density at radius 1 is 0.821 bits per heavy atom. The Morgan fingerprint density at radius 2 is 1.38 bits per heavy atom. The summed E-state index contributed by atoms with van der Waals surface area (Å²) in [6.45, 7) is 6.86. The van der Waals surface area contributed by atoms with E-state index in [2.05, 4.69) is 0 Å². The number of hydrogen-bond donors (Lipinski definition) is 1. The molecule has 39 heavy (non-hydrogen) atoms. The van der Waals surface area contributed by atoms with E-state index < -0.39 is 97.0 Å². The Hall–Kier alpha value is -3.23. The summed E-state index contributed by atoms with van der Waals surface area (Å²) < 4.78 is 44.4. The molecule has 10 unspecified atom stereocenters. The van der Waals surface area contributed by atoms with Gasteiger partial charge in [-0.1, -0.05) is 0 Å². The molecule has 3 rings (SSSR count). The molecule has 218 valence electrons. The first-order chi connectivity index (χ1) is 18.2. The molecule has 1 saturated carbocycles. The van der Waals surface area contributed by atoms with Crippen molar-refractivity contribution in [2.24, 2.45) is 11.8 Å². The van der Waals surface area contributed by atoms with E-state index in [1.54, 1.807) is 13.0 Å². The molecule has 0 bridgehead atoms. The van der Waals surface area contributed by atoms with Gasteiger partial charge in [-0.25, -0.2) is 0 Å². The van der Waals surface area contributed by atoms with Gasteiger partial charge in [0.2, 0.25) is 12.6 Å². The Kier molecular flexibility index (Phi) is 9.56. The minimum absolute atomic E-state index is 0.0913. The van der Waals surface area contributed by atoms with Crippen LogP contribution in [0.15, 0.2) is 12.3 Å². The lowest BCUT2D eigenvalue weighted by Crippen LogP contribution is -2.64. The molecule has 1 saturated heterocycles. The van der Waals surface area contributed by atoms with Crippen LogP contribution in [0.2, 0.25) is 0 Å². The molecule has 0 radical (unpaired) electrons. The summed E-state index contributed by atoms with van der Waals surface area (Å²) in [6, 6.07) is 0. The van der Waals surface area contributed by atoms with Crippen LogP contribution >= 0.6 is 0 Å². The molecule has 1 N–H and O–H groups in total. The fraction of sp³-hybridized carbons (Fsp3) is 0.720. The average Bonchev–Trinajstić information content (AvgIpc) is 3.05. The van der Waals surface area contributed by atoms with E-state index in [0.717, 1.165) is 27.7 Å². The second-order valence-electron chi connectivity index (χ2n) is 9.85. The first-order valence-corrected chi connectivity index (χ1v) is 12.4. The zero-order valence-corrected chi connectivity index (χ0v) is 22.5. The highest BCUT2D eigenvalue weighted by atomic mass is 16.8. The van der Waals surface area contributed by atoms with E-state index in [0.29, 0.717) is 0 Å². The highest BCUT2D eigenvalue weighted by molar-refractivity contribution is 5.69. The van der Waals surface area contributed by atoms with Crippen molar-refractivity contribution in [3.8, 4) is 0 Å². The van der Waals surface area contributed by atoms with Gasteiger partial charge in [-0.2, -0.15) is 0 Å². The van der Waals surface area contributed by atoms with Crippen molar-refractivity contribution in [3.05, 3.63) is 12.3 Å². The Bertz CT molecular complexity index is 989. The molecule has 3 aliphatic rings. The number of carbonyl (C=O) groups is 5. The van der Waals surface area contributed by atoms with Crippen LogP contribution < -0.4 is 0 Å². The fourth-order valence-electron chi connectivity index (χ4n) is 5.22. The lowest BCUT2D eigenvalue weighted by atomic mass is 9.85. The van der Waals surface area contributed by atoms with E-state index >= 15 is 0 Å². The quantitative estimate of drug-likeness (QED) is 0.317. The minimum Gasteiger partial charge on any atom is -0.472 e. The maximum absolute atomic E-state index is 12.1. The van der Waals surface area contributed by atoms with E-state index in [4.69, 9.17) is 37.9 Å². The molecule has 0 aromatic rings. The zero-order chi connectivity index (χ0) is 29.1. The van der Waals surface area contributed by atoms with Gasteiger partial charge in [-0.15, -0.1) is 0 Å². The summed E-state index contributed by atoms with van der Waals surface area (Å²) in [5.41, 5.74) is -1.42. The Labute approximate surface area is 224 Å². The number of fused-ring (bicyclic) bond motifs is 1. The van der Waals surface area contributed by atoms with Crippen LogP contribution in [0.25, 0.3) is 0 Å². The molecule has 2 aliphatic heterocycles. The lowest BCUT2D eigenvalue weighted by molar-refractivity contribution is -0.348. The second kappa shape index (κ2) is 12.3. The zero-order valence-electron chi connectivity index (χ0n) is 22.5. The number of carbonyl (C=O) groups excluding carboxylic acids is 5. The number of aliphatic hydroxyl groups is 1. The van der Waals surface area contributed by atoms with Crippen LogP contribution in [0, 0.1) is 11.8 Å². The number of esters is 5. The van der Waals surface area contributed by atoms with E-state index in [-0.39, 0.29) is 6.42 Å². The molecular weight excluding hydrogens is 524 g/mol. The van der Waals surface area contributed by atoms with Crippen LogP contribution in [0.5, 0.6) is 0 Å². The third-order valence-corrected chi connectivity index (χ3v) is 6.52. The second-order valence-corrected chi connectivity index (χ2v) is 9.85. The highest BCUT2D eigenvalue weighted by Gasteiger charge is 2.59. The maximum Gasteiger partial charge on any atom is 0.303 e. The van der Waals surface area contributed by atoms with Crippen molar-refractivity contribution in [2.45, 2.75) is 96.7 Å². The minimum atomic E-state index is -1.51. The molecule has 0 aromatic heterocycles. The van der Waals surface area contributed by atoms with E-state index in [1.807, 2.05) is 0 Å². The Balaban J connectivity index is 1.97. The summed E-state index contributed by atoms with van der Waals surface area (Å²) >= 11 is 0. The van der Waals surface area contributed by atoms with Crippen molar-refractivity contribution in [2.75, 3.05) is 6.61 Å². The van der Waals surface area contributed by atoms with Gasteiger partial charge in [0.25, 0.3) is 0 Å². The molecule has 2 fully saturated rings. The van der Waals surface area contributed by atoms with Gasteiger partial charge in [-0.3, -0.25) is 24.0 Å². The summed E-state index contributed by atoms with van der Waals surface area (Å²) in [7, 11) is 0. The van der Waals surface area contributed by atoms with E-state index in [9.17, 15) is 29.1 Å². The van der Waals surface area contributed by atoms with Gasteiger partial charge in [-0.05, 0) is 13.0 Å². The topological polar surface area (TPSA) is 179 Å². The molecule has 0 amide bonds. The molecule has 1 aliphatic carbocycles. The summed E-state index contributed by atoms with van der Waals surface area (Å²) in [5, 5.41) is 11.2. The SMILES string of the molecule is CC(=O)OCC1OC(OC2OC=CC3C(OC(C)=O)CC(C)(O)C23)C(OC(C)=O)C(OC(C)=O)C1OC(C)=O. The van der Waals surface area contributed by atoms with Crippen molar-refractivity contribution < 1.29 is 67.0 Å². The molecule has 14 nitrogen and oxygen atoms in total. The number of rotatable bonds is 8. The molecule has 2 heterocycles. The molecule has 10 atom stereocenters. The first-order valence-electron chi connectivity index (χ1n) is 12.4. The molecule has 0 aromatic carbocycles. The van der Waals surface area contributed by atoms with E-state index in [1.165, 1.54) is 13.2 Å². The summed E-state index contributed by atoms with van der Waals surface area (Å²) in [6.07, 6.45) is -5.78. The normalized spacial score (nSPS) is 37.1. The highest BCUT2D eigenvalue weighted by Crippen LogP contribution is 2.48. The van der Waals surface area contributed by atoms with Crippen molar-refractivity contribution in [3.63, 3.8) is 0 Å². The van der Waals surface area contributed by atoms with Crippen LogP contribution in [0.4, 0.5) is 0 Å². The third-order valence-electron chi connectivity index (χ3n) is 6.52. The average molecular weight is 559 g/mol. The molecular formula is C25H34O14. The number of ether oxygens (including phenoxy) is 8. The van der Waals surface area contributed by atoms with Gasteiger partial charge in [0.05, 0.1) is 17.8 Å². The predicted molar refractivity (Wildman–Crippen MR) is 125 cm³/mol. The van der Waals surface area contributed by atoms with Gasteiger partial charge in [0, 0.05) is 47.0 Å². The molecule has 14 heteroatoms. The third kappa shape index (κ3) is 7.46. The van der Waals surface area contributed by atoms with Crippen molar-refractivity contribution >= 4 is 29.8 Å². The van der Waals surface area contributed by atoms with Gasteiger partial charge in [0.15, 0.2) is 18.3 Å². The predicted octanol–water partition coefficient (Wildman–Crippen LogP) is 0.275.